The van der Waals surface area contributed by atoms with Crippen molar-refractivity contribution in [2.24, 2.45) is 12.8 Å². The Labute approximate surface area is 118 Å². The van der Waals surface area contributed by atoms with Crippen LogP contribution in [-0.4, -0.2) is 15.3 Å². The highest BCUT2D eigenvalue weighted by Crippen LogP contribution is 2.30. The molecule has 1 heterocycles. The van der Waals surface area contributed by atoms with Crippen molar-refractivity contribution in [3.05, 3.63) is 15.9 Å². The molecule has 18 heavy (non-hydrogen) atoms. The molecule has 0 aromatic carbocycles. The average Bonchev–Trinajstić information content (AvgIpc) is 2.52. The van der Waals surface area contributed by atoms with Gasteiger partial charge in [-0.3, -0.25) is 4.68 Å². The number of nitrogens with two attached hydrogens (primary N) is 1. The van der Waals surface area contributed by atoms with Crippen molar-refractivity contribution in [1.29, 1.82) is 0 Å². The predicted octanol–water partition coefficient (Wildman–Crippen LogP) is 3.48. The van der Waals surface area contributed by atoms with Crippen LogP contribution in [0.3, 0.4) is 0 Å². The molecule has 102 valence electrons. The Morgan fingerprint density at radius 3 is 2.28 bits per heavy atom. The van der Waals surface area contributed by atoms with Crippen LogP contribution in [0.4, 0.5) is 0 Å². The number of nitrogens with zero attached hydrogens (tertiary/aromatic N) is 2. The molecule has 0 amide bonds. The van der Waals surface area contributed by atoms with E-state index in [-0.39, 0.29) is 5.54 Å². The van der Waals surface area contributed by atoms with Crippen molar-refractivity contribution in [2.75, 3.05) is 0 Å². The largest absolute Gasteiger partial charge is 0.325 e. The zero-order valence-electron chi connectivity index (χ0n) is 11.5. The summed E-state index contributed by atoms with van der Waals surface area (Å²) < 4.78 is 3.11. The van der Waals surface area contributed by atoms with E-state index in [2.05, 4.69) is 21.0 Å². The van der Waals surface area contributed by atoms with E-state index >= 15 is 0 Å². The minimum Gasteiger partial charge on any atom is -0.325 e. The summed E-state index contributed by atoms with van der Waals surface area (Å²) in [6, 6.07) is 0. The second kappa shape index (κ2) is 5.74. The Morgan fingerprint density at radius 1 is 1.22 bits per heavy atom. The monoisotopic (exact) mass is 313 g/mol. The van der Waals surface area contributed by atoms with Crippen LogP contribution in [0.25, 0.3) is 0 Å². The zero-order valence-corrected chi connectivity index (χ0v) is 13.1. The van der Waals surface area contributed by atoms with Gasteiger partial charge < -0.3 is 5.73 Å². The fraction of sp³-hybridized carbons (Fsp3) is 0.786. The van der Waals surface area contributed by atoms with Gasteiger partial charge in [0.2, 0.25) is 0 Å². The topological polar surface area (TPSA) is 43.8 Å². The molecule has 2 N–H and O–H groups in total. The molecule has 0 saturated heterocycles. The van der Waals surface area contributed by atoms with E-state index in [1.165, 1.54) is 37.8 Å². The fourth-order valence-corrected chi connectivity index (χ4v) is 3.47. The van der Waals surface area contributed by atoms with Gasteiger partial charge >= 0.3 is 0 Å². The predicted molar refractivity (Wildman–Crippen MR) is 78.6 cm³/mol. The molecule has 3 nitrogen and oxygen atoms in total. The van der Waals surface area contributed by atoms with Gasteiger partial charge in [-0.1, -0.05) is 32.1 Å². The van der Waals surface area contributed by atoms with E-state index in [4.69, 9.17) is 5.73 Å². The number of aryl methyl sites for hydroxylation is 2. The van der Waals surface area contributed by atoms with Crippen LogP contribution in [0.1, 0.15) is 56.3 Å². The molecule has 0 unspecified atom stereocenters. The first-order valence-electron chi connectivity index (χ1n) is 6.99. The van der Waals surface area contributed by atoms with Gasteiger partial charge in [0, 0.05) is 19.0 Å². The summed E-state index contributed by atoms with van der Waals surface area (Å²) in [5.74, 6) is 0. The van der Waals surface area contributed by atoms with Crippen LogP contribution in [0.2, 0.25) is 0 Å². The lowest BCUT2D eigenvalue weighted by molar-refractivity contribution is 0.309. The lowest BCUT2D eigenvalue weighted by Gasteiger charge is -2.31. The van der Waals surface area contributed by atoms with Crippen LogP contribution >= 0.6 is 15.9 Å². The number of halogens is 1. The van der Waals surface area contributed by atoms with Gasteiger partial charge in [0.15, 0.2) is 0 Å². The van der Waals surface area contributed by atoms with Crippen LogP contribution in [0.15, 0.2) is 4.47 Å². The van der Waals surface area contributed by atoms with E-state index in [9.17, 15) is 0 Å². The second-order valence-electron chi connectivity index (χ2n) is 5.78. The Hall–Kier alpha value is -0.350. The lowest BCUT2D eigenvalue weighted by atomic mass is 9.81. The van der Waals surface area contributed by atoms with Gasteiger partial charge in [0.05, 0.1) is 15.9 Å². The molecule has 0 bridgehead atoms. The van der Waals surface area contributed by atoms with Crippen molar-refractivity contribution in [2.45, 2.75) is 63.8 Å². The third kappa shape index (κ3) is 3.15. The minimum atomic E-state index is -0.0385. The first-order chi connectivity index (χ1) is 8.52. The van der Waals surface area contributed by atoms with Gasteiger partial charge in [-0.05, 0) is 35.7 Å². The Bertz CT molecular complexity index is 403. The van der Waals surface area contributed by atoms with E-state index in [0.29, 0.717) is 0 Å². The number of rotatable bonds is 2. The lowest BCUT2D eigenvalue weighted by Crippen LogP contribution is -2.43. The molecule has 2 rings (SSSR count). The molecule has 0 atom stereocenters. The molecule has 1 aliphatic carbocycles. The summed E-state index contributed by atoms with van der Waals surface area (Å²) in [7, 11) is 2.01. The van der Waals surface area contributed by atoms with Crippen molar-refractivity contribution < 1.29 is 0 Å². The maximum atomic E-state index is 6.65. The van der Waals surface area contributed by atoms with Gasteiger partial charge in [0.25, 0.3) is 0 Å². The first-order valence-corrected chi connectivity index (χ1v) is 7.78. The highest BCUT2D eigenvalue weighted by atomic mass is 79.9. The summed E-state index contributed by atoms with van der Waals surface area (Å²) in [5, 5.41) is 4.46. The molecule has 1 aromatic rings. The number of hydrogen-bond donors (Lipinski definition) is 1. The molecule has 0 radical (unpaired) electrons. The molecule has 1 aromatic heterocycles. The molecule has 0 spiro atoms. The maximum Gasteiger partial charge on any atom is 0.0738 e. The van der Waals surface area contributed by atoms with E-state index in [1.807, 2.05) is 18.7 Å². The summed E-state index contributed by atoms with van der Waals surface area (Å²) >= 11 is 3.65. The third-order valence-electron chi connectivity index (χ3n) is 4.13. The quantitative estimate of drug-likeness (QED) is 0.908. The van der Waals surface area contributed by atoms with Crippen molar-refractivity contribution in [3.63, 3.8) is 0 Å². The molecule has 1 fully saturated rings. The van der Waals surface area contributed by atoms with E-state index in [0.717, 1.165) is 29.4 Å². The Balaban J connectivity index is 2.14. The molecule has 1 saturated carbocycles. The average molecular weight is 314 g/mol. The second-order valence-corrected chi connectivity index (χ2v) is 6.57. The van der Waals surface area contributed by atoms with Crippen LogP contribution in [0.5, 0.6) is 0 Å². The van der Waals surface area contributed by atoms with E-state index in [1.54, 1.807) is 0 Å². The molecular formula is C14H24BrN3. The number of aromatic nitrogens is 2. The minimum absolute atomic E-state index is 0.0385. The van der Waals surface area contributed by atoms with Crippen LogP contribution in [0, 0.1) is 6.92 Å². The highest BCUT2D eigenvalue weighted by molar-refractivity contribution is 9.10. The molecule has 0 aliphatic heterocycles. The molecule has 4 heteroatoms. The van der Waals surface area contributed by atoms with Crippen molar-refractivity contribution in [3.8, 4) is 0 Å². The number of hydrogen-bond acceptors (Lipinski definition) is 2. The summed E-state index contributed by atoms with van der Waals surface area (Å²) in [6.07, 6.45) is 9.81. The Kier molecular flexibility index (Phi) is 4.49. The van der Waals surface area contributed by atoms with E-state index < -0.39 is 0 Å². The summed E-state index contributed by atoms with van der Waals surface area (Å²) in [4.78, 5) is 0. The smallest absolute Gasteiger partial charge is 0.0738 e. The summed E-state index contributed by atoms with van der Waals surface area (Å²) in [5.41, 5.74) is 8.91. The van der Waals surface area contributed by atoms with Crippen molar-refractivity contribution in [1.82, 2.24) is 9.78 Å². The molecule has 1 aliphatic rings. The van der Waals surface area contributed by atoms with Crippen LogP contribution < -0.4 is 5.73 Å². The normalized spacial score (nSPS) is 20.4. The van der Waals surface area contributed by atoms with Gasteiger partial charge in [-0.25, -0.2) is 0 Å². The maximum absolute atomic E-state index is 6.65. The highest BCUT2D eigenvalue weighted by Gasteiger charge is 2.28. The fourth-order valence-electron chi connectivity index (χ4n) is 2.99. The van der Waals surface area contributed by atoms with Gasteiger partial charge in [0.1, 0.15) is 0 Å². The van der Waals surface area contributed by atoms with Crippen LogP contribution in [-0.2, 0) is 13.5 Å². The first kappa shape index (κ1) is 14.1. The Morgan fingerprint density at radius 2 is 1.78 bits per heavy atom. The molecular weight excluding hydrogens is 290 g/mol. The standard InChI is InChI=1S/C14H24BrN3/c1-11-13(15)12(18(2)17-11)10-14(16)8-6-4-3-5-7-9-14/h3-10,16H2,1-2H3. The SMILES string of the molecule is Cc1nn(C)c(CC2(N)CCCCCCC2)c1Br. The van der Waals surface area contributed by atoms with Gasteiger partial charge in [-0.15, -0.1) is 0 Å². The zero-order chi connectivity index (χ0) is 13.2. The third-order valence-corrected chi connectivity index (χ3v) is 5.16. The summed E-state index contributed by atoms with van der Waals surface area (Å²) in [6.45, 7) is 2.04. The van der Waals surface area contributed by atoms with Gasteiger partial charge in [-0.2, -0.15) is 5.10 Å². The van der Waals surface area contributed by atoms with Crippen molar-refractivity contribution >= 4 is 15.9 Å².